The molecule has 2 aromatic heterocycles. The Labute approximate surface area is 188 Å². The Kier molecular flexibility index (Phi) is 6.99. The van der Waals surface area contributed by atoms with Gasteiger partial charge in [-0.2, -0.15) is 0 Å². The van der Waals surface area contributed by atoms with Crippen LogP contribution in [-0.2, 0) is 16.1 Å². The van der Waals surface area contributed by atoms with Crippen LogP contribution in [0.5, 0.6) is 11.5 Å². The van der Waals surface area contributed by atoms with E-state index in [1.54, 1.807) is 37.6 Å². The molecule has 1 saturated heterocycles. The van der Waals surface area contributed by atoms with Crippen molar-refractivity contribution in [2.24, 2.45) is 0 Å². The van der Waals surface area contributed by atoms with Gasteiger partial charge < -0.3 is 34.8 Å². The molecule has 1 amide bonds. The summed E-state index contributed by atoms with van der Waals surface area (Å²) >= 11 is 1.35. The van der Waals surface area contributed by atoms with Gasteiger partial charge in [0, 0.05) is 25.1 Å². The van der Waals surface area contributed by atoms with Crippen LogP contribution in [0.3, 0.4) is 0 Å². The Morgan fingerprint density at radius 1 is 1.28 bits per heavy atom. The molecule has 0 aliphatic carbocycles. The average molecular weight is 461 g/mol. The summed E-state index contributed by atoms with van der Waals surface area (Å²) < 4.78 is 18.0. The molecule has 170 valence electrons. The van der Waals surface area contributed by atoms with E-state index in [2.05, 4.69) is 10.3 Å². The van der Waals surface area contributed by atoms with E-state index in [0.29, 0.717) is 16.4 Å². The number of pyridine rings is 1. The maximum absolute atomic E-state index is 11.9. The maximum atomic E-state index is 11.9. The summed E-state index contributed by atoms with van der Waals surface area (Å²) in [6.45, 7) is -0.177. The molecule has 1 aliphatic heterocycles. The van der Waals surface area contributed by atoms with Crippen LogP contribution in [0.25, 0.3) is 10.1 Å². The third-order valence-corrected chi connectivity index (χ3v) is 6.23. The number of nitrogens with one attached hydrogen (secondary N) is 1. The van der Waals surface area contributed by atoms with Crippen molar-refractivity contribution in [3.8, 4) is 11.5 Å². The van der Waals surface area contributed by atoms with Crippen LogP contribution in [0, 0.1) is 0 Å². The second-order valence-corrected chi connectivity index (χ2v) is 8.46. The van der Waals surface area contributed by atoms with E-state index in [1.807, 2.05) is 12.1 Å². The van der Waals surface area contributed by atoms with Gasteiger partial charge in [0.1, 0.15) is 18.0 Å². The quantitative estimate of drug-likeness (QED) is 0.420. The van der Waals surface area contributed by atoms with Gasteiger partial charge in [-0.05, 0) is 23.8 Å². The number of nitrogens with zero attached hydrogens (tertiary/aromatic N) is 1. The number of fused-ring (bicyclic) bond motifs is 1. The van der Waals surface area contributed by atoms with Crippen molar-refractivity contribution < 1.29 is 34.3 Å². The van der Waals surface area contributed by atoms with E-state index in [-0.39, 0.29) is 18.9 Å². The summed E-state index contributed by atoms with van der Waals surface area (Å²) in [6.07, 6.45) is -0.323. The van der Waals surface area contributed by atoms with Gasteiger partial charge in [-0.25, -0.2) is 0 Å². The largest absolute Gasteiger partial charge is 0.455 e. The number of aliphatic hydroxyl groups is 3. The second-order valence-electron chi connectivity index (χ2n) is 7.38. The van der Waals surface area contributed by atoms with Crippen molar-refractivity contribution in [1.29, 1.82) is 0 Å². The summed E-state index contributed by atoms with van der Waals surface area (Å²) in [6, 6.07) is 9.04. The van der Waals surface area contributed by atoms with E-state index in [0.717, 1.165) is 15.6 Å². The van der Waals surface area contributed by atoms with Gasteiger partial charge in [0.2, 0.25) is 0 Å². The lowest BCUT2D eigenvalue weighted by Crippen LogP contribution is -2.50. The standard InChI is InChI=1S/C22H24N2O7S/c1-23-22(28)18-6-14-16(8-24-9-19(14)32-18)30-13-4-2-12(3-5-13)11-29-20-7-15(26)21(27)17(10-25)31-20/h2-6,8-9,15,17,20-21,25-27H,7,10-11H2,1H3,(H,23,28)/t15?,17-,20?,21?/m1/s1. The van der Waals surface area contributed by atoms with Crippen LogP contribution in [-0.4, -0.2) is 64.5 Å². The number of amides is 1. The van der Waals surface area contributed by atoms with Crippen LogP contribution in [0.2, 0.25) is 0 Å². The SMILES string of the molecule is CNC(=O)c1cc2c(Oc3ccc(COC4CC(O)C(O)[C@@H](CO)O4)cc3)cncc2s1. The highest BCUT2D eigenvalue weighted by Crippen LogP contribution is 2.34. The minimum absolute atomic E-state index is 0.120. The Morgan fingerprint density at radius 3 is 2.78 bits per heavy atom. The first-order valence-electron chi connectivity index (χ1n) is 10.1. The summed E-state index contributed by atoms with van der Waals surface area (Å²) in [7, 11) is 1.59. The molecule has 4 rings (SSSR count). The van der Waals surface area contributed by atoms with Crippen molar-refractivity contribution in [2.45, 2.75) is 37.6 Å². The number of carbonyl (C=O) groups excluding carboxylic acids is 1. The number of ether oxygens (including phenoxy) is 3. The first kappa shape index (κ1) is 22.6. The maximum Gasteiger partial charge on any atom is 0.261 e. The average Bonchev–Trinajstić information content (AvgIpc) is 3.25. The van der Waals surface area contributed by atoms with Gasteiger partial charge in [0.05, 0.1) is 35.1 Å². The number of carbonyl (C=O) groups is 1. The zero-order valence-electron chi connectivity index (χ0n) is 17.3. The smallest absolute Gasteiger partial charge is 0.261 e. The zero-order chi connectivity index (χ0) is 22.7. The first-order valence-corrected chi connectivity index (χ1v) is 10.9. The molecule has 1 aliphatic rings. The van der Waals surface area contributed by atoms with E-state index in [4.69, 9.17) is 14.2 Å². The lowest BCUT2D eigenvalue weighted by atomic mass is 10.0. The third-order valence-electron chi connectivity index (χ3n) is 5.16. The van der Waals surface area contributed by atoms with E-state index in [1.165, 1.54) is 11.3 Å². The van der Waals surface area contributed by atoms with Crippen molar-refractivity contribution >= 4 is 27.3 Å². The van der Waals surface area contributed by atoms with E-state index >= 15 is 0 Å². The third kappa shape index (κ3) is 4.90. The molecular formula is C22H24N2O7S. The normalized spacial score (nSPS) is 23.2. The Bertz CT molecular complexity index is 1070. The van der Waals surface area contributed by atoms with Gasteiger partial charge in [0.15, 0.2) is 12.0 Å². The molecule has 0 bridgehead atoms. The predicted octanol–water partition coefficient (Wildman–Crippen LogP) is 1.79. The predicted molar refractivity (Wildman–Crippen MR) is 117 cm³/mol. The number of aromatic nitrogens is 1. The molecule has 3 unspecified atom stereocenters. The van der Waals surface area contributed by atoms with Crippen molar-refractivity contribution in [3.63, 3.8) is 0 Å². The monoisotopic (exact) mass is 460 g/mol. The van der Waals surface area contributed by atoms with Crippen LogP contribution in [0.4, 0.5) is 0 Å². The van der Waals surface area contributed by atoms with Gasteiger partial charge in [-0.1, -0.05) is 12.1 Å². The number of thiophene rings is 1. The molecule has 0 saturated carbocycles. The molecule has 3 heterocycles. The minimum Gasteiger partial charge on any atom is -0.455 e. The highest BCUT2D eigenvalue weighted by Gasteiger charge is 2.36. The summed E-state index contributed by atoms with van der Waals surface area (Å²) in [5.41, 5.74) is 0.857. The second kappa shape index (κ2) is 9.90. The molecule has 1 fully saturated rings. The van der Waals surface area contributed by atoms with Crippen LogP contribution in [0.15, 0.2) is 42.7 Å². The Balaban J connectivity index is 1.39. The summed E-state index contributed by atoms with van der Waals surface area (Å²) in [5, 5.41) is 32.3. The van der Waals surface area contributed by atoms with Crippen molar-refractivity contribution in [2.75, 3.05) is 13.7 Å². The molecule has 9 nitrogen and oxygen atoms in total. The fourth-order valence-corrected chi connectivity index (χ4v) is 4.39. The molecule has 0 spiro atoms. The highest BCUT2D eigenvalue weighted by atomic mass is 32.1. The molecular weight excluding hydrogens is 436 g/mol. The molecule has 1 aromatic carbocycles. The van der Waals surface area contributed by atoms with Gasteiger partial charge in [-0.3, -0.25) is 9.78 Å². The molecule has 4 N–H and O–H groups in total. The lowest BCUT2D eigenvalue weighted by Gasteiger charge is -2.36. The number of rotatable bonds is 7. The van der Waals surface area contributed by atoms with Crippen molar-refractivity contribution in [3.05, 3.63) is 53.2 Å². The first-order chi connectivity index (χ1) is 15.5. The Morgan fingerprint density at radius 2 is 2.06 bits per heavy atom. The highest BCUT2D eigenvalue weighted by molar-refractivity contribution is 7.20. The minimum atomic E-state index is -1.13. The van der Waals surface area contributed by atoms with Crippen LogP contribution in [0.1, 0.15) is 21.7 Å². The Hall–Kier alpha value is -2.60. The topological polar surface area (TPSA) is 130 Å². The van der Waals surface area contributed by atoms with E-state index < -0.39 is 31.2 Å². The van der Waals surface area contributed by atoms with Crippen LogP contribution >= 0.6 is 11.3 Å². The fourth-order valence-electron chi connectivity index (χ4n) is 3.40. The fraction of sp³-hybridized carbons (Fsp3) is 0.364. The molecule has 32 heavy (non-hydrogen) atoms. The molecule has 0 radical (unpaired) electrons. The van der Waals surface area contributed by atoms with Gasteiger partial charge in [0.25, 0.3) is 5.91 Å². The number of hydrogen-bond acceptors (Lipinski definition) is 9. The number of benzene rings is 1. The molecule has 3 aromatic rings. The van der Waals surface area contributed by atoms with Crippen LogP contribution < -0.4 is 10.1 Å². The summed E-state index contributed by atoms with van der Waals surface area (Å²) in [5.74, 6) is 0.996. The van der Waals surface area contributed by atoms with Gasteiger partial charge >= 0.3 is 0 Å². The zero-order valence-corrected chi connectivity index (χ0v) is 18.1. The number of hydrogen-bond donors (Lipinski definition) is 4. The van der Waals surface area contributed by atoms with E-state index in [9.17, 15) is 20.1 Å². The van der Waals surface area contributed by atoms with Crippen molar-refractivity contribution in [1.82, 2.24) is 10.3 Å². The molecule has 4 atom stereocenters. The lowest BCUT2D eigenvalue weighted by molar-refractivity contribution is -0.260. The number of aliphatic hydroxyl groups excluding tert-OH is 3. The molecule has 10 heteroatoms. The van der Waals surface area contributed by atoms with Gasteiger partial charge in [-0.15, -0.1) is 11.3 Å². The summed E-state index contributed by atoms with van der Waals surface area (Å²) in [4.78, 5) is 16.7.